The summed E-state index contributed by atoms with van der Waals surface area (Å²) in [5, 5.41) is 64.3. The molecule has 310 valence electrons. The number of carbonyl (C=O) groups is 1. The number of benzene rings is 4. The number of hydrogen-bond acceptors (Lipinski definition) is 19. The Balaban J connectivity index is 1.53. The third-order valence-corrected chi connectivity index (χ3v) is 10.8. The molecule has 0 bridgehead atoms. The highest BCUT2D eigenvalue weighted by atomic mass is 32.2. The number of methoxy groups -OCH3 is 1. The fraction of sp³-hybridized carbons (Fsp3) is 0.125. The van der Waals surface area contributed by atoms with E-state index in [0.29, 0.717) is 18.2 Å². The number of phenols is 3. The van der Waals surface area contributed by atoms with E-state index in [1.165, 1.54) is 13.8 Å². The van der Waals surface area contributed by atoms with Crippen molar-refractivity contribution in [1.82, 2.24) is 4.57 Å². The Morgan fingerprint density at radius 2 is 1.34 bits per heavy atom. The van der Waals surface area contributed by atoms with Gasteiger partial charge in [0.25, 0.3) is 41.8 Å². The number of rotatable bonds is 12. The highest BCUT2D eigenvalue weighted by molar-refractivity contribution is 7.86. The smallest absolute Gasteiger partial charge is 0.296 e. The van der Waals surface area contributed by atoms with Crippen molar-refractivity contribution in [2.45, 2.75) is 35.1 Å². The average Bonchev–Trinajstić information content (AvgIpc) is 3.12. The number of amides is 1. The van der Waals surface area contributed by atoms with Crippen molar-refractivity contribution < 1.29 is 68.9 Å². The van der Waals surface area contributed by atoms with Gasteiger partial charge in [-0.15, -0.1) is 25.6 Å². The van der Waals surface area contributed by atoms with Crippen LogP contribution in [0.5, 0.6) is 28.9 Å². The molecule has 0 aliphatic carbocycles. The lowest BCUT2D eigenvalue weighted by Crippen LogP contribution is -2.30. The number of nitrogens with two attached hydrogens (primary N) is 1. The van der Waals surface area contributed by atoms with Crippen molar-refractivity contribution in [2.75, 3.05) is 7.11 Å². The van der Waals surface area contributed by atoms with Gasteiger partial charge in [0.05, 0.1) is 23.1 Å². The molecule has 0 saturated carbocycles. The molecule has 0 saturated heterocycles. The second-order valence-corrected chi connectivity index (χ2v) is 16.1. The van der Waals surface area contributed by atoms with Gasteiger partial charge in [-0.3, -0.25) is 27.8 Å². The van der Waals surface area contributed by atoms with Crippen LogP contribution in [0.2, 0.25) is 0 Å². The van der Waals surface area contributed by atoms with Crippen LogP contribution < -0.4 is 16.0 Å². The molecule has 0 unspecified atom stereocenters. The van der Waals surface area contributed by atoms with Crippen LogP contribution in [0, 0.1) is 6.92 Å². The number of primary amides is 1. The standard InChI is InChI=1S/C32H28N8O16S3/c1-4-40-31(45)25(30(33)44)13(2)27(32(40)46)38-34-15-5-6-17(23(9-15)58(50,51)52)35-37-19-11-20(41)18(12-22(19)56-3)36-39-28-24(59(53,54)55)8-14-7-16(57(47,48)49)10-21(42)26(14)29(28)43/h5-12,41-43,46H,4H2,1-3H3,(H2,33,44)(H,47,48,49)(H,50,51,52)(H,53,54,55). The predicted molar refractivity (Wildman–Crippen MR) is 202 cm³/mol. The number of phenolic OH excluding ortho intramolecular Hbond substituents is 3. The number of nitrogens with zero attached hydrogens (tertiary/aromatic N) is 7. The lowest BCUT2D eigenvalue weighted by atomic mass is 10.1. The zero-order valence-electron chi connectivity index (χ0n) is 30.1. The van der Waals surface area contributed by atoms with Crippen molar-refractivity contribution in [3.05, 3.63) is 70.0 Å². The van der Waals surface area contributed by atoms with Crippen LogP contribution in [0.15, 0.2) is 98.7 Å². The van der Waals surface area contributed by atoms with Crippen LogP contribution in [0.3, 0.4) is 0 Å². The van der Waals surface area contributed by atoms with Gasteiger partial charge in [0.15, 0.2) is 5.75 Å². The molecular weight excluding hydrogens is 849 g/mol. The normalized spacial score (nSPS) is 12.6. The van der Waals surface area contributed by atoms with Gasteiger partial charge in [-0.25, -0.2) is 0 Å². The fourth-order valence-corrected chi connectivity index (χ4v) is 7.27. The molecule has 5 aromatic rings. The van der Waals surface area contributed by atoms with Gasteiger partial charge in [-0.1, -0.05) is 0 Å². The van der Waals surface area contributed by atoms with E-state index in [9.17, 15) is 68.9 Å². The number of aromatic nitrogens is 1. The summed E-state index contributed by atoms with van der Waals surface area (Å²) in [5.41, 5.74) is 1.06. The van der Waals surface area contributed by atoms with E-state index in [1.54, 1.807) is 0 Å². The van der Waals surface area contributed by atoms with Gasteiger partial charge in [-0.05, 0) is 49.6 Å². The lowest BCUT2D eigenvalue weighted by Gasteiger charge is -2.12. The molecule has 27 heteroatoms. The zero-order chi connectivity index (χ0) is 43.9. The van der Waals surface area contributed by atoms with Crippen LogP contribution in [0.1, 0.15) is 22.8 Å². The number of ether oxygens (including phenoxy) is 1. The van der Waals surface area contributed by atoms with E-state index < -0.39 is 113 Å². The molecule has 0 spiro atoms. The van der Waals surface area contributed by atoms with Crippen molar-refractivity contribution >= 4 is 81.2 Å². The number of pyridine rings is 1. The Labute approximate surface area is 331 Å². The monoisotopic (exact) mass is 876 g/mol. The maximum Gasteiger partial charge on any atom is 0.296 e. The Morgan fingerprint density at radius 1 is 0.729 bits per heavy atom. The molecule has 0 aliphatic heterocycles. The average molecular weight is 877 g/mol. The summed E-state index contributed by atoms with van der Waals surface area (Å²) in [6, 6.07) is 6.73. The largest absolute Gasteiger partial charge is 0.507 e. The maximum absolute atomic E-state index is 12.6. The highest BCUT2D eigenvalue weighted by Gasteiger charge is 2.26. The molecule has 0 fully saturated rings. The topological polar surface area (TPSA) is 393 Å². The van der Waals surface area contributed by atoms with E-state index in [0.717, 1.165) is 42.0 Å². The summed E-state index contributed by atoms with van der Waals surface area (Å²) in [4.78, 5) is 21.7. The van der Waals surface area contributed by atoms with E-state index in [2.05, 4.69) is 30.7 Å². The molecular formula is C32H28N8O16S3. The predicted octanol–water partition coefficient (Wildman–Crippen LogP) is 5.25. The molecule has 59 heavy (non-hydrogen) atoms. The molecule has 0 atom stereocenters. The molecule has 5 rings (SSSR count). The summed E-state index contributed by atoms with van der Waals surface area (Å²) >= 11 is 0. The third kappa shape index (κ3) is 8.68. The van der Waals surface area contributed by atoms with E-state index in [-0.39, 0.29) is 34.9 Å². The van der Waals surface area contributed by atoms with Crippen molar-refractivity contribution in [1.29, 1.82) is 0 Å². The van der Waals surface area contributed by atoms with Gasteiger partial charge in [-0.2, -0.15) is 30.4 Å². The first-order valence-corrected chi connectivity index (χ1v) is 20.2. The molecule has 9 N–H and O–H groups in total. The Morgan fingerprint density at radius 3 is 1.92 bits per heavy atom. The Bertz CT molecular complexity index is 3110. The summed E-state index contributed by atoms with van der Waals surface area (Å²) in [7, 11) is -14.1. The summed E-state index contributed by atoms with van der Waals surface area (Å²) in [5.74, 6) is -4.82. The molecule has 4 aromatic carbocycles. The molecule has 1 heterocycles. The van der Waals surface area contributed by atoms with Gasteiger partial charge in [0, 0.05) is 30.3 Å². The number of hydrogen-bond donors (Lipinski definition) is 8. The minimum atomic E-state index is -5.25. The maximum atomic E-state index is 12.6. The van der Waals surface area contributed by atoms with Crippen LogP contribution in [-0.2, 0) is 36.9 Å². The fourth-order valence-electron chi connectivity index (χ4n) is 5.43. The summed E-state index contributed by atoms with van der Waals surface area (Å²) < 4.78 is 108. The molecule has 1 aromatic heterocycles. The first-order chi connectivity index (χ1) is 27.4. The lowest BCUT2D eigenvalue weighted by molar-refractivity contribution is 0.0997. The van der Waals surface area contributed by atoms with E-state index >= 15 is 0 Å². The molecule has 0 radical (unpaired) electrons. The van der Waals surface area contributed by atoms with Crippen molar-refractivity contribution in [3.63, 3.8) is 0 Å². The Kier molecular flexibility index (Phi) is 11.6. The highest BCUT2D eigenvalue weighted by Crippen LogP contribution is 2.47. The first-order valence-electron chi connectivity index (χ1n) is 15.9. The van der Waals surface area contributed by atoms with Gasteiger partial charge < -0.3 is 30.9 Å². The van der Waals surface area contributed by atoms with Gasteiger partial charge in [0.2, 0.25) is 5.88 Å². The number of aromatic hydroxyl groups is 4. The van der Waals surface area contributed by atoms with Crippen LogP contribution in [0.25, 0.3) is 10.8 Å². The number of azo groups is 3. The van der Waals surface area contributed by atoms with Crippen LogP contribution >= 0.6 is 0 Å². The minimum Gasteiger partial charge on any atom is -0.507 e. The number of carbonyl (C=O) groups excluding carboxylic acids is 1. The van der Waals surface area contributed by atoms with Crippen molar-refractivity contribution in [3.8, 4) is 28.9 Å². The second kappa shape index (κ2) is 15.8. The van der Waals surface area contributed by atoms with Crippen LogP contribution in [0.4, 0.5) is 34.1 Å². The number of fused-ring (bicyclic) bond motifs is 1. The van der Waals surface area contributed by atoms with Crippen LogP contribution in [-0.4, -0.2) is 76.9 Å². The molecule has 0 aliphatic rings. The van der Waals surface area contributed by atoms with E-state index in [1.807, 2.05) is 0 Å². The summed E-state index contributed by atoms with van der Waals surface area (Å²) in [6.45, 7) is 2.70. The van der Waals surface area contributed by atoms with E-state index in [4.69, 9.17) is 10.5 Å². The summed E-state index contributed by atoms with van der Waals surface area (Å²) in [6.07, 6.45) is 0. The molecule has 1 amide bonds. The third-order valence-electron chi connectivity index (χ3n) is 8.18. The SMILES string of the molecule is CCn1c(O)c(N=Nc2ccc(N=Nc3cc(O)c(N=Nc4c(S(=O)(=O)O)cc5cc(S(=O)(=O)O)cc(O)c5c4O)cc3OC)c(S(=O)(=O)O)c2)c(C)c(C(N)=O)c1=O. The minimum absolute atomic E-state index is 0.0813. The second-order valence-electron chi connectivity index (χ2n) is 11.9. The first kappa shape index (κ1) is 43.2. The van der Waals surface area contributed by atoms with Gasteiger partial charge >= 0.3 is 0 Å². The van der Waals surface area contributed by atoms with Gasteiger partial charge in [0.1, 0.15) is 61.0 Å². The molecule has 24 nitrogen and oxygen atoms in total. The quantitative estimate of drug-likeness (QED) is 0.0586. The Hall–Kier alpha value is -6.91. The zero-order valence-corrected chi connectivity index (χ0v) is 32.5. The van der Waals surface area contributed by atoms with Crippen molar-refractivity contribution in [2.24, 2.45) is 36.4 Å².